The SMILES string of the molecule is CC1(CN)CCN(CC(=O)Nc2cc(Cl)ccc2-n2cncn2)C1. The fraction of sp³-hybridized carbons (Fsp3) is 0.438. The molecule has 0 bridgehead atoms. The highest BCUT2D eigenvalue weighted by atomic mass is 35.5. The second kappa shape index (κ2) is 6.88. The highest BCUT2D eigenvalue weighted by Crippen LogP contribution is 2.28. The molecule has 7 nitrogen and oxygen atoms in total. The molecule has 8 heteroatoms. The van der Waals surface area contributed by atoms with Gasteiger partial charge in [-0.05, 0) is 43.1 Å². The van der Waals surface area contributed by atoms with Crippen molar-refractivity contribution in [1.82, 2.24) is 19.7 Å². The maximum absolute atomic E-state index is 12.4. The van der Waals surface area contributed by atoms with E-state index in [1.54, 1.807) is 29.2 Å². The van der Waals surface area contributed by atoms with Crippen LogP contribution in [0.4, 0.5) is 5.69 Å². The number of carbonyl (C=O) groups excluding carboxylic acids is 1. The first-order valence-electron chi connectivity index (χ1n) is 7.86. The van der Waals surface area contributed by atoms with E-state index in [4.69, 9.17) is 17.3 Å². The van der Waals surface area contributed by atoms with Gasteiger partial charge in [0.25, 0.3) is 0 Å². The summed E-state index contributed by atoms with van der Waals surface area (Å²) in [5.41, 5.74) is 7.25. The molecular formula is C16H21ClN6O. The van der Waals surface area contributed by atoms with E-state index in [2.05, 4.69) is 27.2 Å². The lowest BCUT2D eigenvalue weighted by molar-refractivity contribution is -0.117. The van der Waals surface area contributed by atoms with Crippen molar-refractivity contribution in [2.45, 2.75) is 13.3 Å². The molecule has 1 unspecified atom stereocenters. The van der Waals surface area contributed by atoms with Crippen LogP contribution in [0.15, 0.2) is 30.9 Å². The summed E-state index contributed by atoms with van der Waals surface area (Å²) in [6.45, 7) is 4.84. The fourth-order valence-electron chi connectivity index (χ4n) is 2.96. The van der Waals surface area contributed by atoms with Crippen molar-refractivity contribution in [3.05, 3.63) is 35.9 Å². The molecule has 1 atom stereocenters. The summed E-state index contributed by atoms with van der Waals surface area (Å²) >= 11 is 6.07. The van der Waals surface area contributed by atoms with Crippen LogP contribution in [0.1, 0.15) is 13.3 Å². The van der Waals surface area contributed by atoms with Crippen LogP contribution < -0.4 is 11.1 Å². The molecule has 1 aliphatic heterocycles. The Bertz CT molecular complexity index is 719. The molecule has 1 amide bonds. The van der Waals surface area contributed by atoms with E-state index < -0.39 is 0 Å². The van der Waals surface area contributed by atoms with Gasteiger partial charge in [0.05, 0.1) is 17.9 Å². The monoisotopic (exact) mass is 348 g/mol. The van der Waals surface area contributed by atoms with Gasteiger partial charge >= 0.3 is 0 Å². The Hall–Kier alpha value is -1.96. The third-order valence-corrected chi connectivity index (χ3v) is 4.63. The third kappa shape index (κ3) is 3.75. The van der Waals surface area contributed by atoms with Crippen LogP contribution in [0.25, 0.3) is 5.69 Å². The number of hydrogen-bond donors (Lipinski definition) is 2. The van der Waals surface area contributed by atoms with Gasteiger partial charge in [0.2, 0.25) is 5.91 Å². The van der Waals surface area contributed by atoms with Crippen LogP contribution in [-0.2, 0) is 4.79 Å². The first kappa shape index (κ1) is 16.9. The van der Waals surface area contributed by atoms with Crippen LogP contribution in [-0.4, -0.2) is 51.8 Å². The molecule has 3 N–H and O–H groups in total. The number of aromatic nitrogens is 3. The lowest BCUT2D eigenvalue weighted by atomic mass is 9.90. The number of carbonyl (C=O) groups is 1. The van der Waals surface area contributed by atoms with E-state index in [0.717, 1.165) is 25.2 Å². The number of hydrogen-bond acceptors (Lipinski definition) is 5. The van der Waals surface area contributed by atoms with E-state index >= 15 is 0 Å². The molecular weight excluding hydrogens is 328 g/mol. The lowest BCUT2D eigenvalue weighted by Gasteiger charge is -2.22. The maximum Gasteiger partial charge on any atom is 0.238 e. The summed E-state index contributed by atoms with van der Waals surface area (Å²) in [6, 6.07) is 5.26. The van der Waals surface area contributed by atoms with Crippen molar-refractivity contribution in [1.29, 1.82) is 0 Å². The Morgan fingerprint density at radius 3 is 3.00 bits per heavy atom. The first-order valence-corrected chi connectivity index (χ1v) is 8.24. The van der Waals surface area contributed by atoms with Gasteiger partial charge in [0.1, 0.15) is 12.7 Å². The molecule has 0 aliphatic carbocycles. The summed E-state index contributed by atoms with van der Waals surface area (Å²) in [5, 5.41) is 7.58. The number of rotatable bonds is 5. The van der Waals surface area contributed by atoms with Gasteiger partial charge in [0.15, 0.2) is 0 Å². The van der Waals surface area contributed by atoms with Crippen molar-refractivity contribution in [2.75, 3.05) is 31.5 Å². The number of nitrogens with zero attached hydrogens (tertiary/aromatic N) is 4. The Labute approximate surface area is 145 Å². The average Bonchev–Trinajstić information content (AvgIpc) is 3.18. The van der Waals surface area contributed by atoms with Gasteiger partial charge in [-0.15, -0.1) is 0 Å². The first-order chi connectivity index (χ1) is 11.5. The van der Waals surface area contributed by atoms with Gasteiger partial charge in [-0.1, -0.05) is 18.5 Å². The van der Waals surface area contributed by atoms with Crippen molar-refractivity contribution in [3.8, 4) is 5.69 Å². The normalized spacial score (nSPS) is 21.1. The third-order valence-electron chi connectivity index (χ3n) is 4.40. The molecule has 1 saturated heterocycles. The number of amides is 1. The minimum atomic E-state index is -0.0834. The number of anilines is 1. The highest BCUT2D eigenvalue weighted by molar-refractivity contribution is 6.31. The topological polar surface area (TPSA) is 89.1 Å². The number of likely N-dealkylation sites (tertiary alicyclic amines) is 1. The second-order valence-corrected chi connectivity index (χ2v) is 6.96. The van der Waals surface area contributed by atoms with Gasteiger partial charge < -0.3 is 11.1 Å². The Balaban J connectivity index is 1.70. The summed E-state index contributed by atoms with van der Waals surface area (Å²) in [5.74, 6) is -0.0834. The van der Waals surface area contributed by atoms with Crippen LogP contribution in [0.2, 0.25) is 5.02 Å². The Kier molecular flexibility index (Phi) is 4.84. The summed E-state index contributed by atoms with van der Waals surface area (Å²) in [6.07, 6.45) is 4.03. The highest BCUT2D eigenvalue weighted by Gasteiger charge is 2.33. The number of nitrogens with two attached hydrogens (primary N) is 1. The van der Waals surface area contributed by atoms with Crippen molar-refractivity contribution >= 4 is 23.2 Å². The zero-order valence-corrected chi connectivity index (χ0v) is 14.3. The largest absolute Gasteiger partial charge is 0.330 e. The molecule has 1 aromatic heterocycles. The lowest BCUT2D eigenvalue weighted by Crippen LogP contribution is -2.35. The number of nitrogens with one attached hydrogen (secondary N) is 1. The molecule has 0 saturated carbocycles. The fourth-order valence-corrected chi connectivity index (χ4v) is 3.13. The van der Waals surface area contributed by atoms with Crippen LogP contribution >= 0.6 is 11.6 Å². The van der Waals surface area contributed by atoms with Crippen molar-refractivity contribution in [3.63, 3.8) is 0 Å². The molecule has 128 valence electrons. The van der Waals surface area contributed by atoms with Crippen LogP contribution in [0, 0.1) is 5.41 Å². The van der Waals surface area contributed by atoms with Gasteiger partial charge in [-0.25, -0.2) is 9.67 Å². The summed E-state index contributed by atoms with van der Waals surface area (Å²) < 4.78 is 1.59. The smallest absolute Gasteiger partial charge is 0.238 e. The minimum Gasteiger partial charge on any atom is -0.330 e. The van der Waals surface area contributed by atoms with Gasteiger partial charge in [-0.2, -0.15) is 5.10 Å². The van der Waals surface area contributed by atoms with E-state index in [1.165, 1.54) is 6.33 Å². The Morgan fingerprint density at radius 1 is 1.50 bits per heavy atom. The van der Waals surface area contributed by atoms with E-state index in [9.17, 15) is 4.79 Å². The van der Waals surface area contributed by atoms with Crippen molar-refractivity contribution in [2.24, 2.45) is 11.1 Å². The van der Waals surface area contributed by atoms with E-state index in [1.807, 2.05) is 0 Å². The molecule has 1 aromatic carbocycles. The summed E-state index contributed by atoms with van der Waals surface area (Å²) in [4.78, 5) is 18.5. The molecule has 0 spiro atoms. The second-order valence-electron chi connectivity index (χ2n) is 6.53. The van der Waals surface area contributed by atoms with Crippen LogP contribution in [0.5, 0.6) is 0 Å². The predicted molar refractivity (Wildman–Crippen MR) is 93.2 cm³/mol. The van der Waals surface area contributed by atoms with E-state index in [0.29, 0.717) is 23.8 Å². The zero-order valence-electron chi connectivity index (χ0n) is 13.6. The molecule has 24 heavy (non-hydrogen) atoms. The molecule has 1 aliphatic rings. The quantitative estimate of drug-likeness (QED) is 0.855. The molecule has 2 heterocycles. The zero-order chi connectivity index (χ0) is 17.2. The standard InChI is InChI=1S/C16H21ClN6O/c1-16(8-18)4-5-22(9-16)7-15(24)21-13-6-12(17)2-3-14(13)23-11-19-10-20-23/h2-3,6,10-11H,4-5,7-9,18H2,1H3,(H,21,24). The van der Waals surface area contributed by atoms with Gasteiger partial charge in [0, 0.05) is 11.6 Å². The van der Waals surface area contributed by atoms with Gasteiger partial charge in [-0.3, -0.25) is 9.69 Å². The number of halogens is 1. The Morgan fingerprint density at radius 2 is 2.33 bits per heavy atom. The molecule has 2 aromatic rings. The molecule has 0 radical (unpaired) electrons. The maximum atomic E-state index is 12.4. The predicted octanol–water partition coefficient (Wildman–Crippen LogP) is 1.53. The number of benzene rings is 1. The van der Waals surface area contributed by atoms with Crippen LogP contribution in [0.3, 0.4) is 0 Å². The summed E-state index contributed by atoms with van der Waals surface area (Å²) in [7, 11) is 0. The molecule has 1 fully saturated rings. The van der Waals surface area contributed by atoms with E-state index in [-0.39, 0.29) is 11.3 Å². The minimum absolute atomic E-state index is 0.0834. The molecule has 3 rings (SSSR count). The van der Waals surface area contributed by atoms with Crippen molar-refractivity contribution < 1.29 is 4.79 Å². The average molecular weight is 349 g/mol.